The van der Waals surface area contributed by atoms with Crippen LogP contribution in [0.2, 0.25) is 0 Å². The van der Waals surface area contributed by atoms with E-state index >= 15 is 0 Å². The molecular formula is C20H25FN2O2. The number of hydrogen-bond donors (Lipinski definition) is 3. The van der Waals surface area contributed by atoms with Crippen molar-refractivity contribution in [2.75, 3.05) is 11.9 Å². The molecular weight excluding hydrogens is 319 g/mol. The highest BCUT2D eigenvalue weighted by Crippen LogP contribution is 2.20. The van der Waals surface area contributed by atoms with Crippen molar-refractivity contribution in [3.63, 3.8) is 0 Å². The minimum atomic E-state index is -1.14. The Labute approximate surface area is 148 Å². The Kier molecular flexibility index (Phi) is 6.28. The number of rotatable bonds is 7. The van der Waals surface area contributed by atoms with E-state index in [1.54, 1.807) is 19.1 Å². The van der Waals surface area contributed by atoms with Crippen molar-refractivity contribution in [3.05, 3.63) is 65.5 Å². The minimum absolute atomic E-state index is 0.0873. The SMILES string of the molecule is Cc1ccccc1NC(=O)CC(C)NCC(C)(O)c1ccc(F)cc1. The number of carbonyl (C=O) groups is 1. The normalized spacial score (nSPS) is 14.6. The molecule has 134 valence electrons. The first-order valence-corrected chi connectivity index (χ1v) is 8.35. The number of nitrogens with one attached hydrogen (secondary N) is 2. The van der Waals surface area contributed by atoms with E-state index in [1.165, 1.54) is 12.1 Å². The summed E-state index contributed by atoms with van der Waals surface area (Å²) in [4.78, 5) is 12.2. The Morgan fingerprint density at radius 2 is 1.84 bits per heavy atom. The first kappa shape index (κ1) is 19.1. The molecule has 3 N–H and O–H groups in total. The van der Waals surface area contributed by atoms with Crippen molar-refractivity contribution in [1.29, 1.82) is 0 Å². The Balaban J connectivity index is 1.85. The van der Waals surface area contributed by atoms with Gasteiger partial charge in [-0.3, -0.25) is 4.79 Å². The van der Waals surface area contributed by atoms with Crippen molar-refractivity contribution in [2.24, 2.45) is 0 Å². The standard InChI is InChI=1S/C20H25FN2O2/c1-14-6-4-5-7-18(14)23-19(24)12-15(2)22-13-20(3,25)16-8-10-17(21)11-9-16/h4-11,15,22,25H,12-13H2,1-3H3,(H,23,24). The number of aliphatic hydroxyl groups is 1. The second kappa shape index (κ2) is 8.23. The van der Waals surface area contributed by atoms with E-state index in [2.05, 4.69) is 10.6 Å². The molecule has 5 heteroatoms. The quantitative estimate of drug-likeness (QED) is 0.722. The molecule has 2 rings (SSSR count). The molecule has 0 saturated heterocycles. The summed E-state index contributed by atoms with van der Waals surface area (Å²) in [6.45, 7) is 5.75. The molecule has 0 radical (unpaired) electrons. The highest BCUT2D eigenvalue weighted by molar-refractivity contribution is 5.91. The lowest BCUT2D eigenvalue weighted by Gasteiger charge is -2.26. The summed E-state index contributed by atoms with van der Waals surface area (Å²) in [7, 11) is 0. The second-order valence-corrected chi connectivity index (χ2v) is 6.63. The number of carbonyl (C=O) groups excluding carboxylic acids is 1. The smallest absolute Gasteiger partial charge is 0.225 e. The zero-order valence-electron chi connectivity index (χ0n) is 14.8. The molecule has 2 atom stereocenters. The number of anilines is 1. The molecule has 0 aromatic heterocycles. The monoisotopic (exact) mass is 344 g/mol. The van der Waals surface area contributed by atoms with Crippen molar-refractivity contribution in [2.45, 2.75) is 38.8 Å². The molecule has 4 nitrogen and oxygen atoms in total. The summed E-state index contributed by atoms with van der Waals surface area (Å²) in [5, 5.41) is 16.6. The molecule has 0 aliphatic carbocycles. The molecule has 0 aliphatic rings. The molecule has 2 aromatic rings. The molecule has 25 heavy (non-hydrogen) atoms. The average Bonchev–Trinajstić information content (AvgIpc) is 2.55. The Morgan fingerprint density at radius 1 is 1.20 bits per heavy atom. The van der Waals surface area contributed by atoms with Crippen LogP contribution >= 0.6 is 0 Å². The molecule has 0 saturated carbocycles. The fraction of sp³-hybridized carbons (Fsp3) is 0.350. The van der Waals surface area contributed by atoms with E-state index in [1.807, 2.05) is 38.1 Å². The lowest BCUT2D eigenvalue weighted by Crippen LogP contribution is -2.41. The van der Waals surface area contributed by atoms with Crippen LogP contribution in [0.25, 0.3) is 0 Å². The summed E-state index contributed by atoms with van der Waals surface area (Å²) in [5.41, 5.74) is 1.29. The van der Waals surface area contributed by atoms with Crippen LogP contribution in [0.4, 0.5) is 10.1 Å². The molecule has 0 fully saturated rings. The third kappa shape index (κ3) is 5.66. The highest BCUT2D eigenvalue weighted by Gasteiger charge is 2.24. The molecule has 0 bridgehead atoms. The largest absolute Gasteiger partial charge is 0.384 e. The van der Waals surface area contributed by atoms with Crippen LogP contribution in [0, 0.1) is 12.7 Å². The Bertz CT molecular complexity index is 714. The number of halogens is 1. The predicted molar refractivity (Wildman–Crippen MR) is 97.9 cm³/mol. The van der Waals surface area contributed by atoms with Crippen molar-refractivity contribution < 1.29 is 14.3 Å². The molecule has 1 amide bonds. The van der Waals surface area contributed by atoms with Crippen LogP contribution in [-0.4, -0.2) is 23.6 Å². The number of benzene rings is 2. The van der Waals surface area contributed by atoms with E-state index in [4.69, 9.17) is 0 Å². The van der Waals surface area contributed by atoms with Crippen molar-refractivity contribution in [3.8, 4) is 0 Å². The zero-order chi connectivity index (χ0) is 18.4. The lowest BCUT2D eigenvalue weighted by molar-refractivity contribution is -0.116. The fourth-order valence-electron chi connectivity index (χ4n) is 2.55. The van der Waals surface area contributed by atoms with Crippen LogP contribution in [0.1, 0.15) is 31.4 Å². The topological polar surface area (TPSA) is 61.4 Å². The van der Waals surface area contributed by atoms with Crippen molar-refractivity contribution >= 4 is 11.6 Å². The molecule has 2 aromatic carbocycles. The van der Waals surface area contributed by atoms with E-state index in [0.717, 1.165) is 11.3 Å². The molecule has 0 aliphatic heterocycles. The van der Waals surface area contributed by atoms with Gasteiger partial charge in [0.25, 0.3) is 0 Å². The van der Waals surface area contributed by atoms with Gasteiger partial charge in [0.1, 0.15) is 5.82 Å². The number of hydrogen-bond acceptors (Lipinski definition) is 3. The predicted octanol–water partition coefficient (Wildman–Crippen LogP) is 3.35. The van der Waals surface area contributed by atoms with E-state index in [-0.39, 0.29) is 30.7 Å². The van der Waals surface area contributed by atoms with Gasteiger partial charge in [-0.2, -0.15) is 0 Å². The van der Waals surface area contributed by atoms with Gasteiger partial charge in [0.15, 0.2) is 0 Å². The third-order valence-electron chi connectivity index (χ3n) is 4.17. The van der Waals surface area contributed by atoms with Gasteiger partial charge in [0, 0.05) is 24.7 Å². The number of para-hydroxylation sites is 1. The minimum Gasteiger partial charge on any atom is -0.384 e. The van der Waals surface area contributed by atoms with Crippen molar-refractivity contribution in [1.82, 2.24) is 5.32 Å². The summed E-state index contributed by atoms with van der Waals surface area (Å²) >= 11 is 0. The number of amides is 1. The van der Waals surface area contributed by atoms with Crippen LogP contribution in [0.3, 0.4) is 0 Å². The van der Waals surface area contributed by atoms with Gasteiger partial charge in [0.2, 0.25) is 5.91 Å². The van der Waals surface area contributed by atoms with E-state index in [0.29, 0.717) is 5.56 Å². The maximum Gasteiger partial charge on any atom is 0.225 e. The maximum atomic E-state index is 13.0. The van der Waals surface area contributed by atoms with Gasteiger partial charge in [-0.25, -0.2) is 4.39 Å². The average molecular weight is 344 g/mol. The summed E-state index contributed by atoms with van der Waals surface area (Å²) in [5.74, 6) is -0.426. The summed E-state index contributed by atoms with van der Waals surface area (Å²) in [6, 6.07) is 13.3. The van der Waals surface area contributed by atoms with Crippen LogP contribution in [0.5, 0.6) is 0 Å². The summed E-state index contributed by atoms with van der Waals surface area (Å²) in [6.07, 6.45) is 0.286. The molecule has 0 spiro atoms. The zero-order valence-corrected chi connectivity index (χ0v) is 14.8. The second-order valence-electron chi connectivity index (χ2n) is 6.63. The van der Waals surface area contributed by atoms with Gasteiger partial charge in [-0.1, -0.05) is 30.3 Å². The van der Waals surface area contributed by atoms with Gasteiger partial charge < -0.3 is 15.7 Å². The van der Waals surface area contributed by atoms with Gasteiger partial charge in [-0.05, 0) is 50.1 Å². The van der Waals surface area contributed by atoms with Crippen LogP contribution < -0.4 is 10.6 Å². The summed E-state index contributed by atoms with van der Waals surface area (Å²) < 4.78 is 13.0. The Hall–Kier alpha value is -2.24. The van der Waals surface area contributed by atoms with Crippen LogP contribution in [0.15, 0.2) is 48.5 Å². The molecule has 2 unspecified atom stereocenters. The first-order valence-electron chi connectivity index (χ1n) is 8.35. The Morgan fingerprint density at radius 3 is 2.48 bits per heavy atom. The van der Waals surface area contributed by atoms with Gasteiger partial charge in [0.05, 0.1) is 5.60 Å². The van der Waals surface area contributed by atoms with E-state index < -0.39 is 5.60 Å². The van der Waals surface area contributed by atoms with E-state index in [9.17, 15) is 14.3 Å². The number of aryl methyl sites for hydroxylation is 1. The van der Waals surface area contributed by atoms with Crippen LogP contribution in [-0.2, 0) is 10.4 Å². The van der Waals surface area contributed by atoms with Gasteiger partial charge >= 0.3 is 0 Å². The highest BCUT2D eigenvalue weighted by atomic mass is 19.1. The molecule has 0 heterocycles. The maximum absolute atomic E-state index is 13.0. The third-order valence-corrected chi connectivity index (χ3v) is 4.17. The van der Waals surface area contributed by atoms with Gasteiger partial charge in [-0.15, -0.1) is 0 Å². The first-order chi connectivity index (χ1) is 11.8. The lowest BCUT2D eigenvalue weighted by atomic mass is 9.95. The fourth-order valence-corrected chi connectivity index (χ4v) is 2.55.